The van der Waals surface area contributed by atoms with Crippen LogP contribution in [0.5, 0.6) is 0 Å². The topological polar surface area (TPSA) is 51.5 Å². The number of hydrogen-bond acceptors (Lipinski definition) is 4. The van der Waals surface area contributed by atoms with Crippen molar-refractivity contribution in [1.29, 1.82) is 0 Å². The van der Waals surface area contributed by atoms with Crippen LogP contribution in [0.4, 0.5) is 0 Å². The maximum absolute atomic E-state index is 12.3. The van der Waals surface area contributed by atoms with Crippen LogP contribution in [-0.4, -0.2) is 41.9 Å². The van der Waals surface area contributed by atoms with Gasteiger partial charge in [0.1, 0.15) is 5.69 Å². The number of allylic oxidation sites excluding steroid dienone is 1. The fraction of sp³-hybridized carbons (Fsp3) is 0.429. The Morgan fingerprint density at radius 3 is 2.84 bits per heavy atom. The number of carbonyl (C=O) groups excluding carboxylic acids is 2. The number of esters is 1. The lowest BCUT2D eigenvalue weighted by Crippen LogP contribution is -2.24. The maximum atomic E-state index is 12.3. The Kier molecular flexibility index (Phi) is 3.74. The van der Waals surface area contributed by atoms with Crippen molar-refractivity contribution in [3.63, 3.8) is 0 Å². The molecule has 19 heavy (non-hydrogen) atoms. The zero-order valence-corrected chi connectivity index (χ0v) is 11.5. The summed E-state index contributed by atoms with van der Waals surface area (Å²) in [5.74, 6) is -0.392. The van der Waals surface area contributed by atoms with Crippen LogP contribution in [0.2, 0.25) is 0 Å². The molecule has 0 fully saturated rings. The SMILES string of the molecule is CCOC(=O)c1ccc2n1CC/C(=C\N(C)C)C2=O. The lowest BCUT2D eigenvalue weighted by Gasteiger charge is -2.20. The predicted octanol–water partition coefficient (Wildman–Crippen LogP) is 1.70. The summed E-state index contributed by atoms with van der Waals surface area (Å²) in [5.41, 5.74) is 1.78. The Labute approximate surface area is 112 Å². The van der Waals surface area contributed by atoms with Gasteiger partial charge in [-0.1, -0.05) is 0 Å². The molecule has 0 N–H and O–H groups in total. The van der Waals surface area contributed by atoms with Crippen molar-refractivity contribution in [2.75, 3.05) is 20.7 Å². The number of hydrogen-bond donors (Lipinski definition) is 0. The molecule has 0 atom stereocenters. The van der Waals surface area contributed by atoms with Crippen LogP contribution in [0.1, 0.15) is 34.3 Å². The lowest BCUT2D eigenvalue weighted by molar-refractivity contribution is 0.0513. The predicted molar refractivity (Wildman–Crippen MR) is 71.1 cm³/mol. The van der Waals surface area contributed by atoms with E-state index >= 15 is 0 Å². The van der Waals surface area contributed by atoms with E-state index in [2.05, 4.69) is 0 Å². The molecule has 0 unspecified atom stereocenters. The summed E-state index contributed by atoms with van der Waals surface area (Å²) in [6, 6.07) is 3.35. The Balaban J connectivity index is 2.33. The van der Waals surface area contributed by atoms with E-state index in [0.717, 1.165) is 5.57 Å². The van der Waals surface area contributed by atoms with Crippen LogP contribution in [-0.2, 0) is 11.3 Å². The molecule has 0 amide bonds. The molecule has 2 rings (SSSR count). The number of ketones is 1. The van der Waals surface area contributed by atoms with Gasteiger partial charge < -0.3 is 14.2 Å². The van der Waals surface area contributed by atoms with E-state index < -0.39 is 0 Å². The Morgan fingerprint density at radius 1 is 1.47 bits per heavy atom. The number of carbonyl (C=O) groups is 2. The van der Waals surface area contributed by atoms with Gasteiger partial charge in [-0.25, -0.2) is 4.79 Å². The van der Waals surface area contributed by atoms with Crippen molar-refractivity contribution in [3.8, 4) is 0 Å². The highest BCUT2D eigenvalue weighted by molar-refractivity contribution is 6.09. The first-order valence-corrected chi connectivity index (χ1v) is 6.33. The average molecular weight is 262 g/mol. The molecular weight excluding hydrogens is 244 g/mol. The van der Waals surface area contributed by atoms with Gasteiger partial charge >= 0.3 is 5.97 Å². The first-order valence-electron chi connectivity index (χ1n) is 6.33. The van der Waals surface area contributed by atoms with Crippen molar-refractivity contribution in [3.05, 3.63) is 35.3 Å². The molecule has 1 aromatic rings. The molecular formula is C14H18N2O3. The second kappa shape index (κ2) is 5.30. The molecule has 102 valence electrons. The summed E-state index contributed by atoms with van der Waals surface area (Å²) in [5, 5.41) is 0. The normalized spacial score (nSPS) is 16.4. The number of nitrogens with zero attached hydrogens (tertiary/aromatic N) is 2. The molecule has 1 aliphatic heterocycles. The van der Waals surface area contributed by atoms with Gasteiger partial charge in [0.2, 0.25) is 5.78 Å². The van der Waals surface area contributed by atoms with Crippen molar-refractivity contribution >= 4 is 11.8 Å². The number of ether oxygens (including phenoxy) is 1. The molecule has 0 spiro atoms. The summed E-state index contributed by atoms with van der Waals surface area (Å²) in [6.07, 6.45) is 2.47. The van der Waals surface area contributed by atoms with E-state index in [4.69, 9.17) is 4.74 Å². The van der Waals surface area contributed by atoms with Crippen molar-refractivity contribution in [2.45, 2.75) is 19.9 Å². The molecule has 0 aliphatic carbocycles. The molecule has 0 bridgehead atoms. The minimum Gasteiger partial charge on any atom is -0.461 e. The molecule has 0 aromatic carbocycles. The van der Waals surface area contributed by atoms with Gasteiger partial charge in [-0.2, -0.15) is 0 Å². The number of Topliss-reactive ketones (excluding diaryl/α,β-unsaturated/α-hetero) is 1. The van der Waals surface area contributed by atoms with Crippen LogP contribution in [0.15, 0.2) is 23.9 Å². The third-order valence-electron chi connectivity index (χ3n) is 3.01. The van der Waals surface area contributed by atoms with E-state index in [1.54, 1.807) is 23.6 Å². The summed E-state index contributed by atoms with van der Waals surface area (Å²) < 4.78 is 6.73. The van der Waals surface area contributed by atoms with Crippen LogP contribution in [0, 0.1) is 0 Å². The van der Waals surface area contributed by atoms with Crippen LogP contribution in [0.3, 0.4) is 0 Å². The third kappa shape index (κ3) is 2.54. The standard InChI is InChI=1S/C14H18N2O3/c1-4-19-14(18)12-6-5-11-13(17)10(9-15(2)3)7-8-16(11)12/h5-6,9H,4,7-8H2,1-3H3/b10-9+. The summed E-state index contributed by atoms with van der Waals surface area (Å²) in [7, 11) is 3.77. The Hall–Kier alpha value is -2.04. The molecule has 5 heteroatoms. The molecule has 0 saturated carbocycles. The minimum absolute atomic E-state index is 0.0181. The van der Waals surface area contributed by atoms with Crippen LogP contribution < -0.4 is 0 Å². The molecule has 1 aliphatic rings. The molecule has 1 aromatic heterocycles. The fourth-order valence-corrected chi connectivity index (χ4v) is 2.24. The van der Waals surface area contributed by atoms with Crippen LogP contribution >= 0.6 is 0 Å². The van der Waals surface area contributed by atoms with E-state index in [1.807, 2.05) is 25.2 Å². The third-order valence-corrected chi connectivity index (χ3v) is 3.01. The second-order valence-corrected chi connectivity index (χ2v) is 4.67. The Bertz CT molecular complexity index is 541. The van der Waals surface area contributed by atoms with Gasteiger partial charge in [0.05, 0.1) is 12.3 Å². The molecule has 0 saturated heterocycles. The smallest absolute Gasteiger partial charge is 0.354 e. The van der Waals surface area contributed by atoms with Crippen molar-refractivity contribution < 1.29 is 14.3 Å². The van der Waals surface area contributed by atoms with Gasteiger partial charge in [0, 0.05) is 32.4 Å². The number of rotatable bonds is 3. The second-order valence-electron chi connectivity index (χ2n) is 4.67. The minimum atomic E-state index is -0.374. The monoisotopic (exact) mass is 262 g/mol. The highest BCUT2D eigenvalue weighted by Gasteiger charge is 2.26. The quantitative estimate of drug-likeness (QED) is 0.614. The van der Waals surface area contributed by atoms with E-state index in [9.17, 15) is 9.59 Å². The van der Waals surface area contributed by atoms with E-state index in [1.165, 1.54) is 0 Å². The molecule has 2 heterocycles. The van der Waals surface area contributed by atoms with Crippen LogP contribution in [0.25, 0.3) is 0 Å². The summed E-state index contributed by atoms with van der Waals surface area (Å²) in [4.78, 5) is 25.9. The largest absolute Gasteiger partial charge is 0.461 e. The maximum Gasteiger partial charge on any atom is 0.354 e. The zero-order chi connectivity index (χ0) is 14.0. The summed E-state index contributed by atoms with van der Waals surface area (Å²) in [6.45, 7) is 2.72. The van der Waals surface area contributed by atoms with E-state index in [-0.39, 0.29) is 11.8 Å². The van der Waals surface area contributed by atoms with Gasteiger partial charge in [-0.3, -0.25) is 4.79 Å². The van der Waals surface area contributed by atoms with Gasteiger partial charge in [-0.05, 0) is 25.5 Å². The summed E-state index contributed by atoms with van der Waals surface area (Å²) >= 11 is 0. The average Bonchev–Trinajstić information content (AvgIpc) is 2.77. The lowest BCUT2D eigenvalue weighted by atomic mass is 10.0. The van der Waals surface area contributed by atoms with Crippen molar-refractivity contribution in [1.82, 2.24) is 9.47 Å². The fourth-order valence-electron chi connectivity index (χ4n) is 2.24. The van der Waals surface area contributed by atoms with E-state index in [0.29, 0.717) is 31.0 Å². The Morgan fingerprint density at radius 2 is 2.21 bits per heavy atom. The highest BCUT2D eigenvalue weighted by atomic mass is 16.5. The first kappa shape index (κ1) is 13.4. The highest BCUT2D eigenvalue weighted by Crippen LogP contribution is 2.23. The van der Waals surface area contributed by atoms with Gasteiger partial charge in [0.15, 0.2) is 0 Å². The molecule has 5 nitrogen and oxygen atoms in total. The number of aromatic nitrogens is 1. The van der Waals surface area contributed by atoms with Gasteiger partial charge in [-0.15, -0.1) is 0 Å². The van der Waals surface area contributed by atoms with Gasteiger partial charge in [0.25, 0.3) is 0 Å². The number of fused-ring (bicyclic) bond motifs is 1. The molecule has 0 radical (unpaired) electrons. The first-order chi connectivity index (χ1) is 9.04. The zero-order valence-electron chi connectivity index (χ0n) is 11.5. The van der Waals surface area contributed by atoms with Crippen molar-refractivity contribution in [2.24, 2.45) is 0 Å².